The molecule has 1 aliphatic rings. The molecule has 4 heteroatoms. The first-order chi connectivity index (χ1) is 11.5. The van der Waals surface area contributed by atoms with Gasteiger partial charge in [0.05, 0.1) is 6.04 Å². The maximum Gasteiger partial charge on any atom is 0.405 e. The van der Waals surface area contributed by atoms with Gasteiger partial charge in [-0.1, -0.05) is 44.2 Å². The molecule has 0 heterocycles. The smallest absolute Gasteiger partial charge is 0.405 e. The van der Waals surface area contributed by atoms with Crippen LogP contribution in [0.2, 0.25) is 0 Å². The molecule has 24 heavy (non-hydrogen) atoms. The molecule has 126 valence electrons. The molecule has 0 aromatic heterocycles. The van der Waals surface area contributed by atoms with Crippen LogP contribution in [0, 0.1) is 11.2 Å². The van der Waals surface area contributed by atoms with Gasteiger partial charge in [-0.15, -0.1) is 0 Å². The van der Waals surface area contributed by atoms with E-state index in [1.165, 1.54) is 12.1 Å². The number of carboxylic acid groups (broad SMARTS) is 1. The molecule has 2 aromatic rings. The summed E-state index contributed by atoms with van der Waals surface area (Å²) in [5.74, 6) is -0.255. The fraction of sp³-hybridized carbons (Fsp3) is 0.350. The predicted octanol–water partition coefficient (Wildman–Crippen LogP) is 5.16. The van der Waals surface area contributed by atoms with Gasteiger partial charge in [0, 0.05) is 0 Å². The number of fused-ring (bicyclic) bond motifs is 1. The molecule has 0 spiro atoms. The van der Waals surface area contributed by atoms with Crippen LogP contribution in [0.1, 0.15) is 43.9 Å². The van der Waals surface area contributed by atoms with Crippen molar-refractivity contribution < 1.29 is 14.3 Å². The van der Waals surface area contributed by atoms with Crippen LogP contribution in [-0.4, -0.2) is 11.2 Å². The predicted molar refractivity (Wildman–Crippen MR) is 92.5 cm³/mol. The van der Waals surface area contributed by atoms with Crippen molar-refractivity contribution >= 4 is 6.09 Å². The number of halogens is 1. The second-order valence-electron chi connectivity index (χ2n) is 6.55. The Morgan fingerprint density at radius 3 is 2.54 bits per heavy atom. The molecule has 2 N–H and O–H groups in total. The number of carbonyl (C=O) groups is 1. The van der Waals surface area contributed by atoms with Gasteiger partial charge in [0.1, 0.15) is 5.82 Å². The second-order valence-corrected chi connectivity index (χ2v) is 6.55. The van der Waals surface area contributed by atoms with Crippen LogP contribution >= 0.6 is 0 Å². The maximum absolute atomic E-state index is 13.5. The van der Waals surface area contributed by atoms with Crippen LogP contribution in [0.15, 0.2) is 42.5 Å². The number of nitrogens with one attached hydrogen (secondary N) is 1. The van der Waals surface area contributed by atoms with Crippen LogP contribution in [-0.2, 0) is 6.42 Å². The fourth-order valence-electron chi connectivity index (χ4n) is 3.96. The van der Waals surface area contributed by atoms with E-state index in [-0.39, 0.29) is 17.3 Å². The molecule has 0 saturated heterocycles. The molecule has 3 rings (SSSR count). The van der Waals surface area contributed by atoms with E-state index in [2.05, 4.69) is 25.2 Å². The molecule has 0 aliphatic heterocycles. The Morgan fingerprint density at radius 2 is 1.92 bits per heavy atom. The molecule has 1 atom stereocenters. The zero-order valence-electron chi connectivity index (χ0n) is 14.0. The first-order valence-corrected chi connectivity index (χ1v) is 8.37. The molecule has 3 nitrogen and oxygen atoms in total. The van der Waals surface area contributed by atoms with Crippen molar-refractivity contribution in [1.29, 1.82) is 0 Å². The SMILES string of the molecule is CCC1(CC)Cc2cc(-c3cccc(F)c3)ccc2C1NC(=O)O. The summed E-state index contributed by atoms with van der Waals surface area (Å²) in [6, 6.07) is 12.4. The number of hydrogen-bond donors (Lipinski definition) is 2. The Hall–Kier alpha value is -2.36. The highest BCUT2D eigenvalue weighted by molar-refractivity contribution is 5.68. The topological polar surface area (TPSA) is 49.3 Å². The molecule has 1 unspecified atom stereocenters. The number of rotatable bonds is 4. The minimum atomic E-state index is -0.992. The van der Waals surface area contributed by atoms with E-state index < -0.39 is 6.09 Å². The molecule has 1 aliphatic carbocycles. The fourth-order valence-corrected chi connectivity index (χ4v) is 3.96. The van der Waals surface area contributed by atoms with Gasteiger partial charge in [0.15, 0.2) is 0 Å². The standard InChI is InChI=1S/C20H22FNO2/c1-3-20(4-2)12-15-10-14(13-6-5-7-16(21)11-13)8-9-17(15)18(20)22-19(23)24/h5-11,18,22H,3-4,12H2,1-2H3,(H,23,24). The van der Waals surface area contributed by atoms with Crippen LogP contribution in [0.25, 0.3) is 11.1 Å². The third-order valence-corrected chi connectivity index (χ3v) is 5.44. The Bertz CT molecular complexity index is 768. The summed E-state index contributed by atoms with van der Waals surface area (Å²) in [5, 5.41) is 11.9. The minimum Gasteiger partial charge on any atom is -0.465 e. The van der Waals surface area contributed by atoms with Gasteiger partial charge in [-0.05, 0) is 59.1 Å². The van der Waals surface area contributed by atoms with Crippen LogP contribution in [0.3, 0.4) is 0 Å². The highest BCUT2D eigenvalue weighted by Crippen LogP contribution is 2.50. The van der Waals surface area contributed by atoms with E-state index in [4.69, 9.17) is 0 Å². The van der Waals surface area contributed by atoms with Crippen LogP contribution < -0.4 is 5.32 Å². The lowest BCUT2D eigenvalue weighted by Crippen LogP contribution is -2.37. The molecular formula is C20H22FNO2. The third kappa shape index (κ3) is 2.77. The number of benzene rings is 2. The maximum atomic E-state index is 13.5. The van der Waals surface area contributed by atoms with Crippen LogP contribution in [0.4, 0.5) is 9.18 Å². The summed E-state index contributed by atoms with van der Waals surface area (Å²) in [6.45, 7) is 4.22. The normalized spacial score (nSPS) is 18.2. The van der Waals surface area contributed by atoms with Crippen molar-refractivity contribution in [1.82, 2.24) is 5.32 Å². The summed E-state index contributed by atoms with van der Waals surface area (Å²) >= 11 is 0. The Labute approximate surface area is 141 Å². The first kappa shape index (κ1) is 16.5. The van der Waals surface area contributed by atoms with Gasteiger partial charge in [-0.25, -0.2) is 9.18 Å². The van der Waals surface area contributed by atoms with Gasteiger partial charge < -0.3 is 10.4 Å². The Kier molecular flexibility index (Phi) is 4.31. The molecule has 0 radical (unpaired) electrons. The van der Waals surface area contributed by atoms with Gasteiger partial charge in [0.2, 0.25) is 0 Å². The average Bonchev–Trinajstić information content (AvgIpc) is 2.88. The van der Waals surface area contributed by atoms with E-state index >= 15 is 0 Å². The quantitative estimate of drug-likeness (QED) is 0.814. The lowest BCUT2D eigenvalue weighted by atomic mass is 9.76. The summed E-state index contributed by atoms with van der Waals surface area (Å²) in [6.07, 6.45) is 1.65. The van der Waals surface area contributed by atoms with Gasteiger partial charge >= 0.3 is 6.09 Å². The Balaban J connectivity index is 2.04. The van der Waals surface area contributed by atoms with Gasteiger partial charge in [-0.3, -0.25) is 0 Å². The Morgan fingerprint density at radius 1 is 1.21 bits per heavy atom. The first-order valence-electron chi connectivity index (χ1n) is 8.37. The summed E-state index contributed by atoms with van der Waals surface area (Å²) in [4.78, 5) is 11.3. The van der Waals surface area contributed by atoms with E-state index in [1.807, 2.05) is 18.2 Å². The second kappa shape index (κ2) is 6.27. The molecule has 2 aromatic carbocycles. The average molecular weight is 327 g/mol. The van der Waals surface area contributed by atoms with Crippen molar-refractivity contribution in [3.63, 3.8) is 0 Å². The minimum absolute atomic E-state index is 0.0959. The molecule has 0 bridgehead atoms. The van der Waals surface area contributed by atoms with Crippen molar-refractivity contribution in [2.45, 2.75) is 39.2 Å². The number of hydrogen-bond acceptors (Lipinski definition) is 1. The van der Waals surface area contributed by atoms with E-state index in [0.29, 0.717) is 0 Å². The lowest BCUT2D eigenvalue weighted by molar-refractivity contribution is 0.157. The zero-order chi connectivity index (χ0) is 17.3. The van der Waals surface area contributed by atoms with Crippen molar-refractivity contribution in [3.05, 3.63) is 59.4 Å². The van der Waals surface area contributed by atoms with Crippen LogP contribution in [0.5, 0.6) is 0 Å². The summed E-state index contributed by atoms with van der Waals surface area (Å²) < 4.78 is 13.5. The zero-order valence-corrected chi connectivity index (χ0v) is 14.0. The molecule has 0 saturated carbocycles. The van der Waals surface area contributed by atoms with E-state index in [1.54, 1.807) is 6.07 Å². The highest BCUT2D eigenvalue weighted by Gasteiger charge is 2.44. The molecular weight excluding hydrogens is 305 g/mol. The largest absolute Gasteiger partial charge is 0.465 e. The van der Waals surface area contributed by atoms with Crippen molar-refractivity contribution in [2.75, 3.05) is 0 Å². The van der Waals surface area contributed by atoms with E-state index in [9.17, 15) is 14.3 Å². The molecule has 0 fully saturated rings. The third-order valence-electron chi connectivity index (χ3n) is 5.44. The van der Waals surface area contributed by atoms with E-state index in [0.717, 1.165) is 41.5 Å². The van der Waals surface area contributed by atoms with Crippen molar-refractivity contribution in [2.24, 2.45) is 5.41 Å². The number of amides is 1. The highest BCUT2D eigenvalue weighted by atomic mass is 19.1. The van der Waals surface area contributed by atoms with Gasteiger partial charge in [0.25, 0.3) is 0 Å². The summed E-state index contributed by atoms with van der Waals surface area (Å²) in [7, 11) is 0. The summed E-state index contributed by atoms with van der Waals surface area (Å²) in [5.41, 5.74) is 3.90. The lowest BCUT2D eigenvalue weighted by Gasteiger charge is -2.33. The van der Waals surface area contributed by atoms with Crippen molar-refractivity contribution in [3.8, 4) is 11.1 Å². The monoisotopic (exact) mass is 327 g/mol. The van der Waals surface area contributed by atoms with Gasteiger partial charge in [-0.2, -0.15) is 0 Å². The molecule has 1 amide bonds.